The normalized spacial score (nSPS) is 10.5. The van der Waals surface area contributed by atoms with Crippen molar-refractivity contribution in [1.29, 1.82) is 0 Å². The zero-order valence-electron chi connectivity index (χ0n) is 13.2. The molecular weight excluding hydrogens is 306 g/mol. The number of carbonyl (C=O) groups is 1. The Morgan fingerprint density at radius 1 is 1.04 bits per heavy atom. The molecule has 0 bridgehead atoms. The number of rotatable bonds is 5. The fourth-order valence-corrected chi connectivity index (χ4v) is 2.26. The van der Waals surface area contributed by atoms with Crippen molar-refractivity contribution in [1.82, 2.24) is 19.8 Å². The Bertz CT molecular complexity index is 881. The number of nitrogens with one attached hydrogen (secondary N) is 1. The van der Waals surface area contributed by atoms with Gasteiger partial charge in [-0.3, -0.25) is 4.79 Å². The fourth-order valence-electron chi connectivity index (χ4n) is 2.26. The Kier molecular flexibility index (Phi) is 4.51. The Labute approximate surface area is 138 Å². The molecule has 3 aromatic rings. The van der Waals surface area contributed by atoms with Gasteiger partial charge < -0.3 is 5.32 Å². The number of aromatic nitrogens is 4. The number of para-hydroxylation sites is 1. The highest BCUT2D eigenvalue weighted by atomic mass is 16.2. The van der Waals surface area contributed by atoms with E-state index in [1.807, 2.05) is 30.3 Å². The molecule has 7 nitrogen and oxygen atoms in total. The largest absolute Gasteiger partial charge is 0.368 e. The standard InChI is InChI=1S/C17H17N5O2/c1-2-13-8-10-14(11-9-13)18-16(23)12-21-17(24)22(20-19-21)15-6-4-3-5-7-15/h3-11H,2,12H2,1H3,(H,18,23). The minimum Gasteiger partial charge on any atom is -0.324 e. The van der Waals surface area contributed by atoms with Crippen LogP contribution >= 0.6 is 0 Å². The highest BCUT2D eigenvalue weighted by Gasteiger charge is 2.12. The molecule has 2 aromatic carbocycles. The molecule has 0 aliphatic heterocycles. The maximum absolute atomic E-state index is 12.3. The van der Waals surface area contributed by atoms with Crippen LogP contribution in [-0.4, -0.2) is 25.7 Å². The number of tetrazole rings is 1. The summed E-state index contributed by atoms with van der Waals surface area (Å²) in [4.78, 5) is 24.3. The Morgan fingerprint density at radius 3 is 2.42 bits per heavy atom. The first-order valence-electron chi connectivity index (χ1n) is 7.64. The van der Waals surface area contributed by atoms with E-state index in [4.69, 9.17) is 0 Å². The first-order chi connectivity index (χ1) is 11.7. The summed E-state index contributed by atoms with van der Waals surface area (Å²) in [6, 6.07) is 16.5. The molecule has 0 saturated carbocycles. The van der Waals surface area contributed by atoms with Crippen LogP contribution in [0.1, 0.15) is 12.5 Å². The molecule has 0 atom stereocenters. The van der Waals surface area contributed by atoms with Crippen molar-refractivity contribution < 1.29 is 4.79 Å². The second kappa shape index (κ2) is 6.91. The lowest BCUT2D eigenvalue weighted by Crippen LogP contribution is -2.29. The van der Waals surface area contributed by atoms with Crippen molar-refractivity contribution in [3.05, 3.63) is 70.6 Å². The number of aryl methyl sites for hydroxylation is 1. The number of hydrogen-bond donors (Lipinski definition) is 1. The summed E-state index contributed by atoms with van der Waals surface area (Å²) < 4.78 is 2.19. The van der Waals surface area contributed by atoms with Gasteiger partial charge in [0.15, 0.2) is 0 Å². The van der Waals surface area contributed by atoms with Gasteiger partial charge in [-0.2, -0.15) is 9.36 Å². The van der Waals surface area contributed by atoms with Gasteiger partial charge in [-0.05, 0) is 46.7 Å². The molecule has 0 fully saturated rings. The molecule has 1 aromatic heterocycles. The van der Waals surface area contributed by atoms with Crippen LogP contribution in [0.3, 0.4) is 0 Å². The summed E-state index contributed by atoms with van der Waals surface area (Å²) in [7, 11) is 0. The summed E-state index contributed by atoms with van der Waals surface area (Å²) in [5.41, 5.74) is 2.01. The van der Waals surface area contributed by atoms with Crippen LogP contribution in [0, 0.1) is 0 Å². The topological polar surface area (TPSA) is 81.8 Å². The minimum absolute atomic E-state index is 0.193. The number of benzene rings is 2. The molecule has 7 heteroatoms. The van der Waals surface area contributed by atoms with Gasteiger partial charge in [-0.1, -0.05) is 37.3 Å². The van der Waals surface area contributed by atoms with Crippen molar-refractivity contribution in [3.63, 3.8) is 0 Å². The molecule has 0 unspecified atom stereocenters. The quantitative estimate of drug-likeness (QED) is 0.774. The first kappa shape index (κ1) is 15.7. The van der Waals surface area contributed by atoms with Crippen molar-refractivity contribution in [3.8, 4) is 5.69 Å². The zero-order valence-corrected chi connectivity index (χ0v) is 13.2. The molecule has 0 spiro atoms. The van der Waals surface area contributed by atoms with Crippen molar-refractivity contribution in [2.45, 2.75) is 19.9 Å². The zero-order chi connectivity index (χ0) is 16.9. The van der Waals surface area contributed by atoms with Crippen LogP contribution < -0.4 is 11.0 Å². The fraction of sp³-hybridized carbons (Fsp3) is 0.176. The maximum Gasteiger partial charge on any atom is 0.368 e. The molecular formula is C17H17N5O2. The third kappa shape index (κ3) is 3.40. The van der Waals surface area contributed by atoms with E-state index in [0.29, 0.717) is 11.4 Å². The smallest absolute Gasteiger partial charge is 0.324 e. The lowest BCUT2D eigenvalue weighted by molar-refractivity contribution is -0.117. The van der Waals surface area contributed by atoms with E-state index in [-0.39, 0.29) is 12.5 Å². The summed E-state index contributed by atoms with van der Waals surface area (Å²) in [5, 5.41) is 10.3. The van der Waals surface area contributed by atoms with Crippen LogP contribution in [0.25, 0.3) is 5.69 Å². The third-order valence-corrected chi connectivity index (χ3v) is 3.58. The van der Waals surface area contributed by atoms with Crippen molar-refractivity contribution >= 4 is 11.6 Å². The van der Waals surface area contributed by atoms with Crippen LogP contribution in [0.15, 0.2) is 59.4 Å². The van der Waals surface area contributed by atoms with E-state index in [1.165, 1.54) is 5.56 Å². The molecule has 1 amide bonds. The summed E-state index contributed by atoms with van der Waals surface area (Å²) in [5.74, 6) is -0.332. The molecule has 3 rings (SSSR count). The maximum atomic E-state index is 12.3. The van der Waals surface area contributed by atoms with Gasteiger partial charge in [0.1, 0.15) is 6.54 Å². The van der Waals surface area contributed by atoms with Gasteiger partial charge in [0, 0.05) is 5.69 Å². The van der Waals surface area contributed by atoms with Crippen LogP contribution in [0.2, 0.25) is 0 Å². The minimum atomic E-state index is -0.460. The molecule has 0 aliphatic rings. The van der Waals surface area contributed by atoms with Crippen LogP contribution in [0.4, 0.5) is 5.69 Å². The predicted molar refractivity (Wildman–Crippen MR) is 90.1 cm³/mol. The van der Waals surface area contributed by atoms with E-state index in [2.05, 4.69) is 22.7 Å². The van der Waals surface area contributed by atoms with E-state index >= 15 is 0 Å². The van der Waals surface area contributed by atoms with E-state index in [0.717, 1.165) is 15.8 Å². The molecule has 1 heterocycles. The van der Waals surface area contributed by atoms with Gasteiger partial charge >= 0.3 is 5.69 Å². The lowest BCUT2D eigenvalue weighted by Gasteiger charge is -2.05. The predicted octanol–water partition coefficient (Wildman–Crippen LogP) is 1.63. The number of amides is 1. The van der Waals surface area contributed by atoms with E-state index in [9.17, 15) is 9.59 Å². The van der Waals surface area contributed by atoms with Gasteiger partial charge in [0.25, 0.3) is 0 Å². The molecule has 0 saturated heterocycles. The van der Waals surface area contributed by atoms with Gasteiger partial charge in [-0.25, -0.2) is 4.79 Å². The monoisotopic (exact) mass is 323 g/mol. The molecule has 0 aliphatic carbocycles. The second-order valence-electron chi connectivity index (χ2n) is 5.27. The molecule has 0 radical (unpaired) electrons. The molecule has 24 heavy (non-hydrogen) atoms. The summed E-state index contributed by atoms with van der Waals surface area (Å²) in [6.45, 7) is 1.87. The Morgan fingerprint density at radius 2 is 1.75 bits per heavy atom. The second-order valence-corrected chi connectivity index (χ2v) is 5.27. The lowest BCUT2D eigenvalue weighted by atomic mass is 10.1. The SMILES string of the molecule is CCc1ccc(NC(=O)Cn2nnn(-c3ccccc3)c2=O)cc1. The van der Waals surface area contributed by atoms with Crippen molar-refractivity contribution in [2.75, 3.05) is 5.32 Å². The summed E-state index contributed by atoms with van der Waals surface area (Å²) in [6.07, 6.45) is 0.937. The van der Waals surface area contributed by atoms with E-state index in [1.54, 1.807) is 24.3 Å². The molecule has 122 valence electrons. The summed E-state index contributed by atoms with van der Waals surface area (Å²) >= 11 is 0. The highest BCUT2D eigenvalue weighted by molar-refractivity contribution is 5.90. The van der Waals surface area contributed by atoms with E-state index < -0.39 is 5.69 Å². The van der Waals surface area contributed by atoms with Crippen molar-refractivity contribution in [2.24, 2.45) is 0 Å². The Balaban J connectivity index is 1.71. The number of anilines is 1. The van der Waals surface area contributed by atoms with Gasteiger partial charge in [-0.15, -0.1) is 0 Å². The third-order valence-electron chi connectivity index (χ3n) is 3.58. The number of nitrogens with zero attached hydrogens (tertiary/aromatic N) is 4. The first-order valence-corrected chi connectivity index (χ1v) is 7.64. The molecule has 1 N–H and O–H groups in total. The average molecular weight is 323 g/mol. The Hall–Kier alpha value is -3.22. The average Bonchev–Trinajstić information content (AvgIpc) is 2.97. The van der Waals surface area contributed by atoms with Gasteiger partial charge in [0.2, 0.25) is 5.91 Å². The highest BCUT2D eigenvalue weighted by Crippen LogP contribution is 2.09. The number of hydrogen-bond acceptors (Lipinski definition) is 4. The number of carbonyl (C=O) groups excluding carboxylic acids is 1. The van der Waals surface area contributed by atoms with Gasteiger partial charge in [0.05, 0.1) is 5.69 Å². The van der Waals surface area contributed by atoms with Crippen LogP contribution in [0.5, 0.6) is 0 Å². The van der Waals surface area contributed by atoms with Crippen LogP contribution in [-0.2, 0) is 17.8 Å².